The summed E-state index contributed by atoms with van der Waals surface area (Å²) in [5, 5.41) is 2.72. The first-order chi connectivity index (χ1) is 10.9. The lowest BCUT2D eigenvalue weighted by atomic mass is 10.0. The van der Waals surface area contributed by atoms with Crippen molar-refractivity contribution in [3.63, 3.8) is 0 Å². The van der Waals surface area contributed by atoms with Crippen LogP contribution in [0.5, 0.6) is 0 Å². The Labute approximate surface area is 135 Å². The molecule has 2 amide bonds. The zero-order chi connectivity index (χ0) is 16.6. The van der Waals surface area contributed by atoms with E-state index < -0.39 is 11.7 Å². The van der Waals surface area contributed by atoms with Gasteiger partial charge in [0.25, 0.3) is 0 Å². The molecular formula is C15H15F3N2O2S. The van der Waals surface area contributed by atoms with E-state index in [4.69, 9.17) is 0 Å². The summed E-state index contributed by atoms with van der Waals surface area (Å²) < 4.78 is 39.0. The van der Waals surface area contributed by atoms with Crippen molar-refractivity contribution in [1.82, 2.24) is 10.2 Å². The van der Waals surface area contributed by atoms with Crippen molar-refractivity contribution >= 4 is 23.6 Å². The Morgan fingerprint density at radius 3 is 2.74 bits per heavy atom. The fraction of sp³-hybridized carbons (Fsp3) is 0.467. The predicted octanol–water partition coefficient (Wildman–Crippen LogP) is 2.21. The van der Waals surface area contributed by atoms with Gasteiger partial charge in [-0.15, -0.1) is 11.8 Å². The largest absolute Gasteiger partial charge is 0.416 e. The smallest absolute Gasteiger partial charge is 0.351 e. The van der Waals surface area contributed by atoms with Crippen LogP contribution in [0.1, 0.15) is 23.5 Å². The summed E-state index contributed by atoms with van der Waals surface area (Å²) in [6, 6.07) is 5.16. The average Bonchev–Trinajstić information content (AvgIpc) is 3.13. The molecule has 0 radical (unpaired) electrons. The maximum absolute atomic E-state index is 13.0. The number of halogens is 3. The topological polar surface area (TPSA) is 49.4 Å². The third-order valence-corrected chi connectivity index (χ3v) is 4.91. The van der Waals surface area contributed by atoms with Crippen molar-refractivity contribution in [2.75, 3.05) is 18.2 Å². The zero-order valence-electron chi connectivity index (χ0n) is 12.1. The Balaban J connectivity index is 1.60. The van der Waals surface area contributed by atoms with E-state index in [0.717, 1.165) is 6.07 Å². The van der Waals surface area contributed by atoms with E-state index in [-0.39, 0.29) is 35.9 Å². The Morgan fingerprint density at radius 1 is 1.35 bits per heavy atom. The van der Waals surface area contributed by atoms with Crippen molar-refractivity contribution in [1.29, 1.82) is 0 Å². The van der Waals surface area contributed by atoms with Crippen molar-refractivity contribution in [2.24, 2.45) is 0 Å². The Bertz CT molecular complexity index is 635. The summed E-state index contributed by atoms with van der Waals surface area (Å²) in [4.78, 5) is 24.8. The maximum atomic E-state index is 13.0. The number of nitrogens with zero attached hydrogens (tertiary/aromatic N) is 1. The van der Waals surface area contributed by atoms with Crippen LogP contribution in [0.4, 0.5) is 13.2 Å². The second-order valence-electron chi connectivity index (χ2n) is 5.67. The molecule has 4 nitrogen and oxygen atoms in total. The SMILES string of the molecule is O=C(CN1CSCC1=O)N[C@H]1C[C@@H]1c1ccccc1C(F)(F)F. The van der Waals surface area contributed by atoms with Crippen LogP contribution >= 0.6 is 11.8 Å². The van der Waals surface area contributed by atoms with Crippen LogP contribution in [0.15, 0.2) is 24.3 Å². The first-order valence-corrected chi connectivity index (χ1v) is 8.32. The van der Waals surface area contributed by atoms with E-state index in [9.17, 15) is 22.8 Å². The highest BCUT2D eigenvalue weighted by molar-refractivity contribution is 8.00. The lowest BCUT2D eigenvalue weighted by molar-refractivity contribution is -0.138. The van der Waals surface area contributed by atoms with Gasteiger partial charge < -0.3 is 10.2 Å². The van der Waals surface area contributed by atoms with Crippen LogP contribution in [0.25, 0.3) is 0 Å². The highest BCUT2D eigenvalue weighted by Gasteiger charge is 2.45. The van der Waals surface area contributed by atoms with E-state index >= 15 is 0 Å². The van der Waals surface area contributed by atoms with Gasteiger partial charge in [0, 0.05) is 12.0 Å². The molecule has 1 aliphatic heterocycles. The summed E-state index contributed by atoms with van der Waals surface area (Å²) in [7, 11) is 0. The van der Waals surface area contributed by atoms with Gasteiger partial charge in [-0.25, -0.2) is 0 Å². The van der Waals surface area contributed by atoms with Gasteiger partial charge in [0.05, 0.1) is 17.2 Å². The zero-order valence-corrected chi connectivity index (χ0v) is 12.9. The number of hydrogen-bond donors (Lipinski definition) is 1. The number of carbonyl (C=O) groups excluding carboxylic acids is 2. The Hall–Kier alpha value is -1.70. The molecule has 0 bridgehead atoms. The van der Waals surface area contributed by atoms with Crippen molar-refractivity contribution in [3.8, 4) is 0 Å². The summed E-state index contributed by atoms with van der Waals surface area (Å²) in [6.45, 7) is -0.0318. The second-order valence-corrected chi connectivity index (χ2v) is 6.63. The van der Waals surface area contributed by atoms with Crippen LogP contribution in [-0.4, -0.2) is 40.9 Å². The van der Waals surface area contributed by atoms with Gasteiger partial charge in [-0.3, -0.25) is 9.59 Å². The number of carbonyl (C=O) groups is 2. The third kappa shape index (κ3) is 3.63. The molecule has 1 saturated heterocycles. The lowest BCUT2D eigenvalue weighted by Crippen LogP contribution is -2.39. The van der Waals surface area contributed by atoms with Crippen LogP contribution < -0.4 is 5.32 Å². The number of alkyl halides is 3. The number of rotatable bonds is 4. The van der Waals surface area contributed by atoms with E-state index in [1.807, 2.05) is 0 Å². The molecule has 0 unspecified atom stereocenters. The van der Waals surface area contributed by atoms with Crippen LogP contribution in [-0.2, 0) is 15.8 Å². The molecule has 1 N–H and O–H groups in total. The van der Waals surface area contributed by atoms with Gasteiger partial charge in [-0.05, 0) is 18.1 Å². The van der Waals surface area contributed by atoms with Crippen LogP contribution in [0, 0.1) is 0 Å². The second kappa shape index (κ2) is 6.07. The molecule has 124 valence electrons. The number of benzene rings is 1. The van der Waals surface area contributed by atoms with E-state index in [2.05, 4.69) is 5.32 Å². The minimum atomic E-state index is -4.40. The summed E-state index contributed by atoms with van der Waals surface area (Å²) in [6.07, 6.45) is -3.91. The van der Waals surface area contributed by atoms with E-state index in [1.165, 1.54) is 28.8 Å². The van der Waals surface area contributed by atoms with E-state index in [1.54, 1.807) is 6.07 Å². The van der Waals surface area contributed by atoms with Gasteiger partial charge in [-0.2, -0.15) is 13.2 Å². The molecule has 1 saturated carbocycles. The number of thioether (sulfide) groups is 1. The molecule has 0 spiro atoms. The fourth-order valence-electron chi connectivity index (χ4n) is 2.74. The highest BCUT2D eigenvalue weighted by Crippen LogP contribution is 2.46. The van der Waals surface area contributed by atoms with Gasteiger partial charge in [0.2, 0.25) is 11.8 Å². The molecule has 0 aromatic heterocycles. The van der Waals surface area contributed by atoms with Crippen molar-refractivity contribution in [3.05, 3.63) is 35.4 Å². The normalized spacial score (nSPS) is 24.0. The molecule has 2 aliphatic rings. The summed E-state index contributed by atoms with van der Waals surface area (Å²) in [5.41, 5.74) is -0.425. The first kappa shape index (κ1) is 16.2. The molecule has 1 heterocycles. The minimum Gasteiger partial charge on any atom is -0.351 e. The Morgan fingerprint density at radius 2 is 2.09 bits per heavy atom. The standard InChI is InChI=1S/C15H15F3N2O2S/c16-15(17,18)11-4-2-1-3-9(11)10-5-12(10)19-13(21)6-20-8-23-7-14(20)22/h1-4,10,12H,5-8H2,(H,19,21)/t10-,12+/m1/s1. The molecule has 23 heavy (non-hydrogen) atoms. The molecule has 8 heteroatoms. The molecule has 2 fully saturated rings. The molecular weight excluding hydrogens is 329 g/mol. The first-order valence-electron chi connectivity index (χ1n) is 7.17. The van der Waals surface area contributed by atoms with Gasteiger partial charge in [0.1, 0.15) is 6.54 Å². The quantitative estimate of drug-likeness (QED) is 0.911. The fourth-order valence-corrected chi connectivity index (χ4v) is 3.65. The Kier molecular flexibility index (Phi) is 4.27. The number of amides is 2. The lowest BCUT2D eigenvalue weighted by Gasteiger charge is -2.15. The monoisotopic (exact) mass is 344 g/mol. The molecule has 1 aromatic carbocycles. The summed E-state index contributed by atoms with van der Waals surface area (Å²) >= 11 is 1.44. The number of hydrogen-bond acceptors (Lipinski definition) is 3. The average molecular weight is 344 g/mol. The van der Waals surface area contributed by atoms with Crippen LogP contribution in [0.2, 0.25) is 0 Å². The number of nitrogens with one attached hydrogen (secondary N) is 1. The molecule has 1 aliphatic carbocycles. The van der Waals surface area contributed by atoms with Crippen LogP contribution in [0.3, 0.4) is 0 Å². The highest BCUT2D eigenvalue weighted by atomic mass is 32.2. The van der Waals surface area contributed by atoms with Crippen molar-refractivity contribution in [2.45, 2.75) is 24.6 Å². The van der Waals surface area contributed by atoms with Gasteiger partial charge in [-0.1, -0.05) is 18.2 Å². The minimum absolute atomic E-state index is 0.0318. The van der Waals surface area contributed by atoms with Gasteiger partial charge in [0.15, 0.2) is 0 Å². The van der Waals surface area contributed by atoms with Gasteiger partial charge >= 0.3 is 6.18 Å². The van der Waals surface area contributed by atoms with Crippen molar-refractivity contribution < 1.29 is 22.8 Å². The molecule has 1 aromatic rings. The van der Waals surface area contributed by atoms with E-state index in [0.29, 0.717) is 18.1 Å². The maximum Gasteiger partial charge on any atom is 0.416 e. The third-order valence-electron chi connectivity index (χ3n) is 3.96. The summed E-state index contributed by atoms with van der Waals surface area (Å²) in [5.74, 6) is 0.133. The molecule has 2 atom stereocenters. The predicted molar refractivity (Wildman–Crippen MR) is 79.8 cm³/mol. The molecule has 3 rings (SSSR count).